The van der Waals surface area contributed by atoms with Crippen LogP contribution in [0, 0.1) is 10.1 Å². The summed E-state index contributed by atoms with van der Waals surface area (Å²) in [5, 5.41) is 11.2. The van der Waals surface area contributed by atoms with Gasteiger partial charge in [-0.25, -0.2) is 0 Å². The molecular formula is C16H14N2O4. The molecule has 2 aromatic carbocycles. The van der Waals surface area contributed by atoms with Crippen molar-refractivity contribution in [1.29, 1.82) is 0 Å². The lowest BCUT2D eigenvalue weighted by Crippen LogP contribution is -2.11. The van der Waals surface area contributed by atoms with Crippen molar-refractivity contribution in [2.75, 3.05) is 0 Å². The highest BCUT2D eigenvalue weighted by atomic mass is 16.6. The molecule has 2 N–H and O–H groups in total. The van der Waals surface area contributed by atoms with E-state index in [0.29, 0.717) is 12.2 Å². The van der Waals surface area contributed by atoms with Crippen molar-refractivity contribution in [2.45, 2.75) is 6.42 Å². The molecule has 0 saturated carbocycles. The minimum absolute atomic E-state index is 0.0477. The van der Waals surface area contributed by atoms with Gasteiger partial charge in [0, 0.05) is 11.6 Å². The van der Waals surface area contributed by atoms with Gasteiger partial charge in [-0.15, -0.1) is 6.58 Å². The highest BCUT2D eigenvalue weighted by molar-refractivity contribution is 5.93. The average molecular weight is 298 g/mol. The Morgan fingerprint density at radius 1 is 1.27 bits per heavy atom. The van der Waals surface area contributed by atoms with Crippen molar-refractivity contribution in [2.24, 2.45) is 5.73 Å². The smallest absolute Gasteiger partial charge is 0.312 e. The molecule has 0 unspecified atom stereocenters. The van der Waals surface area contributed by atoms with Gasteiger partial charge in [0.2, 0.25) is 11.7 Å². The largest absolute Gasteiger partial charge is 0.450 e. The number of nitrogens with zero attached hydrogens (tertiary/aromatic N) is 1. The predicted octanol–water partition coefficient (Wildman–Crippen LogP) is 3.21. The van der Waals surface area contributed by atoms with E-state index in [2.05, 4.69) is 6.58 Å². The van der Waals surface area contributed by atoms with Gasteiger partial charge in [0.05, 0.1) is 4.92 Å². The van der Waals surface area contributed by atoms with Crippen molar-refractivity contribution in [3.8, 4) is 11.5 Å². The Balaban J connectivity index is 2.43. The number of nitro benzene ring substituents is 1. The molecule has 0 aliphatic heterocycles. The fourth-order valence-electron chi connectivity index (χ4n) is 1.95. The number of para-hydroxylation sites is 1. The fourth-order valence-corrected chi connectivity index (χ4v) is 1.95. The van der Waals surface area contributed by atoms with Gasteiger partial charge in [-0.3, -0.25) is 14.9 Å². The van der Waals surface area contributed by atoms with Crippen molar-refractivity contribution in [3.63, 3.8) is 0 Å². The second kappa shape index (κ2) is 6.53. The first-order chi connectivity index (χ1) is 10.5. The summed E-state index contributed by atoms with van der Waals surface area (Å²) in [6, 6.07) is 11.0. The third-order valence-corrected chi connectivity index (χ3v) is 3.00. The molecule has 0 aliphatic rings. The number of benzene rings is 2. The number of rotatable bonds is 6. The number of ether oxygens (including phenoxy) is 1. The molecule has 2 rings (SSSR count). The van der Waals surface area contributed by atoms with E-state index in [0.717, 1.165) is 11.6 Å². The molecule has 22 heavy (non-hydrogen) atoms. The summed E-state index contributed by atoms with van der Waals surface area (Å²) in [6.45, 7) is 3.67. The predicted molar refractivity (Wildman–Crippen MR) is 82.0 cm³/mol. The number of hydrogen-bond donors (Lipinski definition) is 1. The Labute approximate surface area is 127 Å². The maximum atomic E-state index is 11.2. The maximum absolute atomic E-state index is 11.2. The third kappa shape index (κ3) is 3.29. The minimum atomic E-state index is -0.735. The zero-order valence-electron chi connectivity index (χ0n) is 11.7. The van der Waals surface area contributed by atoms with Crippen LogP contribution in [-0.4, -0.2) is 10.8 Å². The highest BCUT2D eigenvalue weighted by Crippen LogP contribution is 2.33. The number of carbonyl (C=O) groups is 1. The molecule has 6 nitrogen and oxygen atoms in total. The number of hydrogen-bond acceptors (Lipinski definition) is 4. The van der Waals surface area contributed by atoms with E-state index >= 15 is 0 Å². The van der Waals surface area contributed by atoms with Crippen LogP contribution in [-0.2, 0) is 6.42 Å². The lowest BCUT2D eigenvalue weighted by Gasteiger charge is -2.10. The summed E-state index contributed by atoms with van der Waals surface area (Å²) in [6.07, 6.45) is 2.29. The molecule has 0 saturated heterocycles. The Morgan fingerprint density at radius 2 is 2.00 bits per heavy atom. The van der Waals surface area contributed by atoms with Gasteiger partial charge >= 0.3 is 5.69 Å². The summed E-state index contributed by atoms with van der Waals surface area (Å²) >= 11 is 0. The van der Waals surface area contributed by atoms with Crippen LogP contribution >= 0.6 is 0 Å². The normalized spacial score (nSPS) is 10.0. The molecule has 1 amide bonds. The van der Waals surface area contributed by atoms with Crippen molar-refractivity contribution < 1.29 is 14.5 Å². The number of carbonyl (C=O) groups excluding carboxylic acids is 1. The Morgan fingerprint density at radius 3 is 2.64 bits per heavy atom. The monoisotopic (exact) mass is 298 g/mol. The number of primary amides is 1. The summed E-state index contributed by atoms with van der Waals surface area (Å²) in [5.74, 6) is -0.189. The molecular weight excluding hydrogens is 284 g/mol. The molecule has 0 heterocycles. The molecule has 0 aliphatic carbocycles. The lowest BCUT2D eigenvalue weighted by atomic mass is 10.1. The van der Waals surface area contributed by atoms with Crippen LogP contribution in [0.1, 0.15) is 15.9 Å². The Kier molecular flexibility index (Phi) is 4.53. The summed E-state index contributed by atoms with van der Waals surface area (Å²) in [7, 11) is 0. The van der Waals surface area contributed by atoms with Crippen LogP contribution in [0.15, 0.2) is 55.1 Å². The van der Waals surface area contributed by atoms with Gasteiger partial charge in [0.15, 0.2) is 0 Å². The summed E-state index contributed by atoms with van der Waals surface area (Å²) in [4.78, 5) is 21.7. The summed E-state index contributed by atoms with van der Waals surface area (Å²) in [5.41, 5.74) is 5.73. The molecule has 0 radical (unpaired) electrons. The fraction of sp³-hybridized carbons (Fsp3) is 0.0625. The van der Waals surface area contributed by atoms with Crippen molar-refractivity contribution >= 4 is 11.6 Å². The topological polar surface area (TPSA) is 95.5 Å². The van der Waals surface area contributed by atoms with E-state index in [1.54, 1.807) is 18.2 Å². The molecule has 0 atom stereocenters. The molecule has 6 heteroatoms. The number of amides is 1. The number of allylic oxidation sites excluding steroid dienone is 1. The van der Waals surface area contributed by atoms with E-state index in [1.165, 1.54) is 12.1 Å². The van der Waals surface area contributed by atoms with Gasteiger partial charge < -0.3 is 10.5 Å². The molecule has 112 valence electrons. The Hall–Kier alpha value is -3.15. The number of nitrogens with two attached hydrogens (primary N) is 1. The van der Waals surface area contributed by atoms with Gasteiger partial charge in [0.25, 0.3) is 0 Å². The zero-order chi connectivity index (χ0) is 16.1. The van der Waals surface area contributed by atoms with E-state index in [-0.39, 0.29) is 17.0 Å². The second-order valence-corrected chi connectivity index (χ2v) is 4.51. The highest BCUT2D eigenvalue weighted by Gasteiger charge is 2.19. The van der Waals surface area contributed by atoms with Crippen molar-refractivity contribution in [1.82, 2.24) is 0 Å². The zero-order valence-corrected chi connectivity index (χ0v) is 11.7. The first-order valence-electron chi connectivity index (χ1n) is 6.48. The molecule has 0 aromatic heterocycles. The van der Waals surface area contributed by atoms with Crippen LogP contribution in [0.3, 0.4) is 0 Å². The van der Waals surface area contributed by atoms with Crippen molar-refractivity contribution in [3.05, 3.63) is 76.4 Å². The van der Waals surface area contributed by atoms with E-state index in [1.807, 2.05) is 12.1 Å². The summed E-state index contributed by atoms with van der Waals surface area (Å²) < 4.78 is 5.65. The average Bonchev–Trinajstić information content (AvgIpc) is 2.49. The standard InChI is InChI=1S/C16H14N2O4/c1-2-5-11-6-3-4-7-14(11)22-15-9-8-12(16(17)19)10-13(15)18(20)21/h2-4,6-10H,1,5H2,(H2,17,19). The van der Waals surface area contributed by atoms with Gasteiger partial charge in [-0.2, -0.15) is 0 Å². The molecule has 2 aromatic rings. The van der Waals surface area contributed by atoms with E-state index in [9.17, 15) is 14.9 Å². The molecule has 0 spiro atoms. The second-order valence-electron chi connectivity index (χ2n) is 4.51. The van der Waals surface area contributed by atoms with E-state index < -0.39 is 10.8 Å². The van der Waals surface area contributed by atoms with Crippen LogP contribution in [0.4, 0.5) is 5.69 Å². The lowest BCUT2D eigenvalue weighted by molar-refractivity contribution is -0.385. The third-order valence-electron chi connectivity index (χ3n) is 3.00. The first kappa shape index (κ1) is 15.2. The van der Waals surface area contributed by atoms with Gasteiger partial charge in [-0.05, 0) is 30.2 Å². The van der Waals surface area contributed by atoms with Crippen LogP contribution < -0.4 is 10.5 Å². The first-order valence-corrected chi connectivity index (χ1v) is 6.48. The quantitative estimate of drug-likeness (QED) is 0.503. The Bertz CT molecular complexity index is 741. The van der Waals surface area contributed by atoms with Crippen LogP contribution in [0.2, 0.25) is 0 Å². The maximum Gasteiger partial charge on any atom is 0.312 e. The van der Waals surface area contributed by atoms with Gasteiger partial charge in [-0.1, -0.05) is 24.3 Å². The molecule has 0 bridgehead atoms. The number of nitro groups is 1. The molecule has 0 fully saturated rings. The van der Waals surface area contributed by atoms with Crippen LogP contribution in [0.25, 0.3) is 0 Å². The minimum Gasteiger partial charge on any atom is -0.450 e. The van der Waals surface area contributed by atoms with Crippen LogP contribution in [0.5, 0.6) is 11.5 Å². The SMILES string of the molecule is C=CCc1ccccc1Oc1ccc(C(N)=O)cc1[N+](=O)[O-]. The van der Waals surface area contributed by atoms with E-state index in [4.69, 9.17) is 10.5 Å². The van der Waals surface area contributed by atoms with Gasteiger partial charge in [0.1, 0.15) is 5.75 Å².